The summed E-state index contributed by atoms with van der Waals surface area (Å²) in [6, 6.07) is 0. The smallest absolute Gasteiger partial charge is 0.442 e. The van der Waals surface area contributed by atoms with Crippen LogP contribution in [0.2, 0.25) is 0 Å². The highest BCUT2D eigenvalue weighted by atomic mass is 19.4. The number of carbonyl (C=O) groups excluding carboxylic acids is 1. The van der Waals surface area contributed by atoms with Gasteiger partial charge in [-0.1, -0.05) is 19.9 Å². The zero-order valence-corrected chi connectivity index (χ0v) is 15.3. The van der Waals surface area contributed by atoms with E-state index in [1.165, 1.54) is 13.8 Å². The molecule has 1 aromatic rings. The van der Waals surface area contributed by atoms with E-state index in [-0.39, 0.29) is 6.08 Å². The van der Waals surface area contributed by atoms with Gasteiger partial charge in [0.05, 0.1) is 11.5 Å². The molecule has 1 aliphatic rings. The molecule has 1 fully saturated rings. The quantitative estimate of drug-likeness (QED) is 0.251. The number of hydrogen-bond donors (Lipinski definition) is 0. The highest BCUT2D eigenvalue weighted by Crippen LogP contribution is 2.60. The first-order valence-corrected chi connectivity index (χ1v) is 8.30. The van der Waals surface area contributed by atoms with E-state index in [9.17, 15) is 39.9 Å². The molecule has 0 heterocycles. The second-order valence-corrected chi connectivity index (χ2v) is 7.15. The summed E-state index contributed by atoms with van der Waals surface area (Å²) < 4.78 is 111. The number of ether oxygens (including phenoxy) is 1. The van der Waals surface area contributed by atoms with Gasteiger partial charge in [-0.05, 0) is 23.8 Å². The molecule has 160 valence electrons. The van der Waals surface area contributed by atoms with E-state index < -0.39 is 82.6 Å². The first-order chi connectivity index (χ1) is 13.2. The Hall–Kier alpha value is -2.39. The molecule has 0 saturated heterocycles. The third-order valence-corrected chi connectivity index (χ3v) is 4.91. The van der Waals surface area contributed by atoms with Crippen LogP contribution in [0, 0.1) is 40.5 Å². The fourth-order valence-corrected chi connectivity index (χ4v) is 3.10. The molecule has 2 atom stereocenters. The van der Waals surface area contributed by atoms with Gasteiger partial charge in [-0.15, -0.1) is 6.58 Å². The summed E-state index contributed by atoms with van der Waals surface area (Å²) in [5.41, 5.74) is -3.18. The predicted molar refractivity (Wildman–Crippen MR) is 86.0 cm³/mol. The second-order valence-electron chi connectivity index (χ2n) is 7.15. The molecule has 2 rings (SSSR count). The van der Waals surface area contributed by atoms with Crippen LogP contribution in [-0.2, 0) is 22.6 Å². The summed E-state index contributed by atoms with van der Waals surface area (Å²) >= 11 is 0. The summed E-state index contributed by atoms with van der Waals surface area (Å²) in [5.74, 6) is -12.8. The van der Waals surface area contributed by atoms with Gasteiger partial charge >= 0.3 is 12.1 Å². The number of alkyl halides is 3. The minimum atomic E-state index is -5.22. The number of halogens is 8. The summed E-state index contributed by atoms with van der Waals surface area (Å²) in [7, 11) is 0. The monoisotopic (exact) mass is 428 g/mol. The number of benzene rings is 1. The molecule has 0 aliphatic heterocycles. The highest BCUT2D eigenvalue weighted by Gasteiger charge is 2.62. The van der Waals surface area contributed by atoms with Crippen LogP contribution in [0.4, 0.5) is 35.1 Å². The van der Waals surface area contributed by atoms with Crippen molar-refractivity contribution in [3.05, 3.63) is 59.0 Å². The molecule has 10 heteroatoms. The van der Waals surface area contributed by atoms with Gasteiger partial charge < -0.3 is 4.74 Å². The van der Waals surface area contributed by atoms with Crippen molar-refractivity contribution in [2.24, 2.45) is 17.3 Å². The third-order valence-electron chi connectivity index (χ3n) is 4.91. The molecule has 1 saturated carbocycles. The van der Waals surface area contributed by atoms with E-state index in [2.05, 4.69) is 11.3 Å². The van der Waals surface area contributed by atoms with Crippen molar-refractivity contribution < 1.29 is 44.7 Å². The molecule has 0 bridgehead atoms. The average Bonchev–Trinajstić information content (AvgIpc) is 3.16. The topological polar surface area (TPSA) is 26.3 Å². The Balaban J connectivity index is 2.19. The van der Waals surface area contributed by atoms with Crippen molar-refractivity contribution in [3.63, 3.8) is 0 Å². The zero-order valence-electron chi connectivity index (χ0n) is 15.3. The van der Waals surface area contributed by atoms with Gasteiger partial charge in [-0.2, -0.15) is 13.2 Å². The lowest BCUT2D eigenvalue weighted by molar-refractivity contribution is -0.147. The van der Waals surface area contributed by atoms with E-state index in [1.54, 1.807) is 0 Å². The SMILES string of the molecule is C=CCc1c(F)c(F)c(COC(=O)C2C(C=C(F)C(F)(F)F)C2(C)C)c(F)c1F. The van der Waals surface area contributed by atoms with Crippen LogP contribution < -0.4 is 0 Å². The molecule has 1 aliphatic carbocycles. The lowest BCUT2D eigenvalue weighted by Crippen LogP contribution is -2.15. The lowest BCUT2D eigenvalue weighted by Gasteiger charge is -2.12. The van der Waals surface area contributed by atoms with E-state index >= 15 is 0 Å². The van der Waals surface area contributed by atoms with Crippen molar-refractivity contribution in [2.45, 2.75) is 33.1 Å². The van der Waals surface area contributed by atoms with Crippen molar-refractivity contribution in [1.29, 1.82) is 0 Å². The minimum Gasteiger partial charge on any atom is -0.460 e. The van der Waals surface area contributed by atoms with Crippen molar-refractivity contribution in [1.82, 2.24) is 0 Å². The summed E-state index contributed by atoms with van der Waals surface area (Å²) in [5, 5.41) is 0. The van der Waals surface area contributed by atoms with Gasteiger partial charge in [-0.3, -0.25) is 4.79 Å². The molecule has 1 aromatic carbocycles. The maximum Gasteiger partial charge on any atom is 0.442 e. The molecular weight excluding hydrogens is 412 g/mol. The Morgan fingerprint density at radius 3 is 2.00 bits per heavy atom. The summed E-state index contributed by atoms with van der Waals surface area (Å²) in [6.07, 6.45) is -4.44. The van der Waals surface area contributed by atoms with E-state index in [0.29, 0.717) is 0 Å². The molecule has 2 nitrogen and oxygen atoms in total. The predicted octanol–water partition coefficient (Wildman–Crippen LogP) is 5.70. The van der Waals surface area contributed by atoms with Crippen LogP contribution in [0.1, 0.15) is 25.0 Å². The minimum absolute atomic E-state index is 0.233. The molecule has 0 N–H and O–H groups in total. The Kier molecular flexibility index (Phi) is 6.15. The normalized spacial score (nSPS) is 21.1. The van der Waals surface area contributed by atoms with Gasteiger partial charge in [0.25, 0.3) is 0 Å². The van der Waals surface area contributed by atoms with Crippen molar-refractivity contribution in [2.75, 3.05) is 0 Å². The Labute approximate surface area is 160 Å². The van der Waals surface area contributed by atoms with Gasteiger partial charge in [0.2, 0.25) is 0 Å². The first-order valence-electron chi connectivity index (χ1n) is 8.30. The fourth-order valence-electron chi connectivity index (χ4n) is 3.10. The number of carbonyl (C=O) groups is 1. The number of rotatable bonds is 6. The van der Waals surface area contributed by atoms with Crippen molar-refractivity contribution in [3.8, 4) is 0 Å². The van der Waals surface area contributed by atoms with Crippen LogP contribution in [-0.4, -0.2) is 12.1 Å². The van der Waals surface area contributed by atoms with Crippen LogP contribution in [0.25, 0.3) is 0 Å². The number of allylic oxidation sites excluding steroid dienone is 3. The number of hydrogen-bond acceptors (Lipinski definition) is 2. The summed E-state index contributed by atoms with van der Waals surface area (Å²) in [6.45, 7) is 4.76. The molecular formula is C19H16F8O2. The Morgan fingerprint density at radius 1 is 1.07 bits per heavy atom. The maximum absolute atomic E-state index is 14.0. The third kappa shape index (κ3) is 4.30. The Bertz CT molecular complexity index is 841. The van der Waals surface area contributed by atoms with E-state index in [1.807, 2.05) is 0 Å². The molecule has 29 heavy (non-hydrogen) atoms. The molecule has 0 amide bonds. The van der Waals surface area contributed by atoms with Crippen LogP contribution in [0.3, 0.4) is 0 Å². The van der Waals surface area contributed by atoms with Gasteiger partial charge in [0.1, 0.15) is 6.61 Å². The largest absolute Gasteiger partial charge is 0.460 e. The molecule has 0 radical (unpaired) electrons. The van der Waals surface area contributed by atoms with Crippen LogP contribution >= 0.6 is 0 Å². The van der Waals surface area contributed by atoms with Crippen LogP contribution in [0.15, 0.2) is 24.6 Å². The molecule has 0 spiro atoms. The molecule has 0 aromatic heterocycles. The van der Waals surface area contributed by atoms with E-state index in [0.717, 1.165) is 6.08 Å². The first kappa shape index (κ1) is 22.9. The van der Waals surface area contributed by atoms with Gasteiger partial charge in [0.15, 0.2) is 29.1 Å². The highest BCUT2D eigenvalue weighted by molar-refractivity contribution is 5.78. The molecule has 2 unspecified atom stereocenters. The standard InChI is InChI=1S/C19H16F8O2/c1-4-5-8-13(21)15(23)9(16(24)14(8)22)7-29-17(28)12-10(18(12,2)3)6-11(20)19(25,26)27/h4,6,10,12H,1,5,7H2,2-3H3. The lowest BCUT2D eigenvalue weighted by atomic mass is 10.1. The van der Waals surface area contributed by atoms with Crippen molar-refractivity contribution >= 4 is 5.97 Å². The van der Waals surface area contributed by atoms with Gasteiger partial charge in [0, 0.05) is 5.56 Å². The summed E-state index contributed by atoms with van der Waals surface area (Å²) in [4.78, 5) is 12.1. The Morgan fingerprint density at radius 2 is 1.55 bits per heavy atom. The van der Waals surface area contributed by atoms with Gasteiger partial charge in [-0.25, -0.2) is 22.0 Å². The average molecular weight is 428 g/mol. The number of esters is 1. The zero-order chi connectivity index (χ0) is 22.3. The second kappa shape index (κ2) is 7.79. The van der Waals surface area contributed by atoms with E-state index in [4.69, 9.17) is 0 Å². The van der Waals surface area contributed by atoms with Crippen LogP contribution in [0.5, 0.6) is 0 Å². The fraction of sp³-hybridized carbons (Fsp3) is 0.421. The maximum atomic E-state index is 14.0.